The average molecular weight is 443 g/mol. The standard InChI is InChI=1S/C25H34N2O5/c1-16-11-22-12-17(2)14-25(13-16,32-22)27-24(30)26-15-18-3-7-20(8-4-18)31-21-9-5-19(6-10-21)23(28)29/h5-6,9-10,15-18,20,22H,3-4,7-8,11-14H2,1-2H3,(H,27,30)(H,28,29). The van der Waals surface area contributed by atoms with E-state index < -0.39 is 11.7 Å². The number of urea groups is 1. The monoisotopic (exact) mass is 442 g/mol. The fraction of sp³-hybridized carbons (Fsp3) is 0.640. The Morgan fingerprint density at radius 2 is 1.72 bits per heavy atom. The van der Waals surface area contributed by atoms with Crippen molar-refractivity contribution in [1.29, 1.82) is 0 Å². The summed E-state index contributed by atoms with van der Waals surface area (Å²) in [5.74, 6) is 1.09. The molecule has 7 nitrogen and oxygen atoms in total. The molecular formula is C25H34N2O5. The van der Waals surface area contributed by atoms with Crippen LogP contribution in [0.2, 0.25) is 0 Å². The molecule has 2 bridgehead atoms. The Bertz CT molecular complexity index is 825. The topological polar surface area (TPSA) is 97.2 Å². The summed E-state index contributed by atoms with van der Waals surface area (Å²) in [6.07, 6.45) is 9.55. The van der Waals surface area contributed by atoms with Crippen molar-refractivity contribution in [3.05, 3.63) is 29.8 Å². The van der Waals surface area contributed by atoms with E-state index in [2.05, 4.69) is 24.2 Å². The highest BCUT2D eigenvalue weighted by Gasteiger charge is 2.46. The minimum Gasteiger partial charge on any atom is -0.490 e. The minimum atomic E-state index is -0.942. The van der Waals surface area contributed by atoms with Gasteiger partial charge in [0.15, 0.2) is 0 Å². The molecule has 2 unspecified atom stereocenters. The van der Waals surface area contributed by atoms with Crippen LogP contribution < -0.4 is 10.1 Å². The second-order valence-electron chi connectivity index (χ2n) is 10.0. The Morgan fingerprint density at radius 1 is 1.09 bits per heavy atom. The third-order valence-electron chi connectivity index (χ3n) is 6.94. The molecule has 1 aromatic carbocycles. The van der Waals surface area contributed by atoms with Gasteiger partial charge in [0.05, 0.1) is 17.8 Å². The van der Waals surface area contributed by atoms with Gasteiger partial charge < -0.3 is 19.9 Å². The lowest BCUT2D eigenvalue weighted by Crippen LogP contribution is -2.59. The molecule has 1 aliphatic carbocycles. The summed E-state index contributed by atoms with van der Waals surface area (Å²) in [4.78, 5) is 27.8. The van der Waals surface area contributed by atoms with E-state index in [4.69, 9.17) is 14.6 Å². The van der Waals surface area contributed by atoms with Crippen molar-refractivity contribution >= 4 is 18.2 Å². The molecule has 2 amide bonds. The second kappa shape index (κ2) is 9.61. The van der Waals surface area contributed by atoms with Crippen molar-refractivity contribution in [1.82, 2.24) is 5.32 Å². The largest absolute Gasteiger partial charge is 0.490 e. The number of hydrogen-bond donors (Lipinski definition) is 2. The molecule has 2 aliphatic heterocycles. The molecule has 0 aromatic heterocycles. The average Bonchev–Trinajstić information content (AvgIpc) is 2.72. The van der Waals surface area contributed by atoms with Crippen LogP contribution in [0.25, 0.3) is 0 Å². The zero-order valence-corrected chi connectivity index (χ0v) is 19.0. The highest BCUT2D eigenvalue weighted by atomic mass is 16.5. The van der Waals surface area contributed by atoms with Gasteiger partial charge in [0.1, 0.15) is 11.5 Å². The molecule has 2 heterocycles. The van der Waals surface area contributed by atoms with Crippen LogP contribution in [-0.4, -0.2) is 41.3 Å². The summed E-state index contributed by atoms with van der Waals surface area (Å²) in [6, 6.07) is 6.21. The van der Waals surface area contributed by atoms with Crippen molar-refractivity contribution in [2.45, 2.75) is 83.1 Å². The first-order valence-electron chi connectivity index (χ1n) is 11.8. The molecule has 0 spiro atoms. The van der Waals surface area contributed by atoms with Crippen LogP contribution in [0.3, 0.4) is 0 Å². The summed E-state index contributed by atoms with van der Waals surface area (Å²) in [5.41, 5.74) is -0.308. The van der Waals surface area contributed by atoms with E-state index in [1.165, 1.54) is 0 Å². The van der Waals surface area contributed by atoms with E-state index in [0.717, 1.165) is 51.4 Å². The summed E-state index contributed by atoms with van der Waals surface area (Å²) >= 11 is 0. The van der Waals surface area contributed by atoms with E-state index in [1.807, 2.05) is 0 Å². The zero-order valence-electron chi connectivity index (χ0n) is 19.0. The van der Waals surface area contributed by atoms with Gasteiger partial charge in [-0.2, -0.15) is 0 Å². The smallest absolute Gasteiger partial charge is 0.342 e. The number of hydrogen-bond acceptors (Lipinski definition) is 4. The summed E-state index contributed by atoms with van der Waals surface area (Å²) in [5, 5.41) is 12.1. The first kappa shape index (κ1) is 22.8. The molecule has 7 heteroatoms. The second-order valence-corrected chi connectivity index (χ2v) is 10.0. The molecule has 3 aliphatic rings. The summed E-state index contributed by atoms with van der Waals surface area (Å²) in [6.45, 7) is 4.47. The maximum Gasteiger partial charge on any atom is 0.342 e. The fourth-order valence-electron chi connectivity index (χ4n) is 5.64. The number of carbonyl (C=O) groups is 2. The normalized spacial score (nSPS) is 34.8. The summed E-state index contributed by atoms with van der Waals surface area (Å²) < 4.78 is 12.2. The first-order valence-corrected chi connectivity index (χ1v) is 11.8. The molecule has 2 atom stereocenters. The van der Waals surface area contributed by atoms with Crippen molar-refractivity contribution in [3.8, 4) is 5.75 Å². The first-order chi connectivity index (χ1) is 15.3. The number of carbonyl (C=O) groups excluding carboxylic acids is 1. The lowest BCUT2D eigenvalue weighted by molar-refractivity contribution is -0.195. The Labute approximate surface area is 189 Å². The number of nitrogens with one attached hydrogen (secondary N) is 1. The number of amides is 2. The number of benzene rings is 1. The number of nitrogens with zero attached hydrogens (tertiary/aromatic N) is 1. The molecule has 3 fully saturated rings. The van der Waals surface area contributed by atoms with E-state index in [1.54, 1.807) is 30.5 Å². The van der Waals surface area contributed by atoms with Gasteiger partial charge in [-0.1, -0.05) is 13.8 Å². The molecule has 4 rings (SSSR count). The number of carboxylic acids is 1. The van der Waals surface area contributed by atoms with Gasteiger partial charge in [-0.3, -0.25) is 0 Å². The van der Waals surface area contributed by atoms with Crippen LogP contribution in [-0.2, 0) is 4.74 Å². The maximum absolute atomic E-state index is 12.6. The van der Waals surface area contributed by atoms with Crippen molar-refractivity contribution in [2.75, 3.05) is 0 Å². The predicted octanol–water partition coefficient (Wildman–Crippen LogP) is 5.04. The predicted molar refractivity (Wildman–Crippen MR) is 121 cm³/mol. The minimum absolute atomic E-state index is 0.0980. The SMILES string of the molecule is CC1CC2CC(C)CC(NC(=O)N=CC3CCC(Oc4ccc(C(=O)O)cc4)CC3)(C1)O2. The maximum atomic E-state index is 12.6. The van der Waals surface area contributed by atoms with E-state index in [0.29, 0.717) is 17.6 Å². The van der Waals surface area contributed by atoms with Gasteiger partial charge in [0, 0.05) is 6.21 Å². The lowest BCUT2D eigenvalue weighted by atomic mass is 9.77. The van der Waals surface area contributed by atoms with E-state index in [-0.39, 0.29) is 29.7 Å². The number of carboxylic acid groups (broad SMARTS) is 1. The van der Waals surface area contributed by atoms with Gasteiger partial charge in [0.2, 0.25) is 0 Å². The molecule has 32 heavy (non-hydrogen) atoms. The van der Waals surface area contributed by atoms with Crippen LogP contribution in [0.5, 0.6) is 5.75 Å². The Kier molecular flexibility index (Phi) is 6.84. The van der Waals surface area contributed by atoms with Gasteiger partial charge in [-0.25, -0.2) is 14.6 Å². The number of ether oxygens (including phenoxy) is 2. The lowest BCUT2D eigenvalue weighted by Gasteiger charge is -2.49. The van der Waals surface area contributed by atoms with Crippen molar-refractivity contribution in [3.63, 3.8) is 0 Å². The Morgan fingerprint density at radius 3 is 2.31 bits per heavy atom. The number of aromatic carboxylic acids is 1. The van der Waals surface area contributed by atoms with Crippen molar-refractivity contribution < 1.29 is 24.2 Å². The van der Waals surface area contributed by atoms with E-state index >= 15 is 0 Å². The molecule has 1 saturated carbocycles. The van der Waals surface area contributed by atoms with Crippen molar-refractivity contribution in [2.24, 2.45) is 22.7 Å². The summed E-state index contributed by atoms with van der Waals surface area (Å²) in [7, 11) is 0. The molecule has 174 valence electrons. The van der Waals surface area contributed by atoms with Gasteiger partial charge in [0.25, 0.3) is 0 Å². The quantitative estimate of drug-likeness (QED) is 0.623. The number of rotatable bonds is 5. The van der Waals surface area contributed by atoms with Crippen LogP contribution in [0, 0.1) is 17.8 Å². The van der Waals surface area contributed by atoms with Gasteiger partial charge in [-0.15, -0.1) is 0 Å². The third kappa shape index (κ3) is 5.68. The fourth-order valence-corrected chi connectivity index (χ4v) is 5.64. The van der Waals surface area contributed by atoms with E-state index in [9.17, 15) is 9.59 Å². The number of fused-ring (bicyclic) bond motifs is 2. The zero-order chi connectivity index (χ0) is 22.7. The molecule has 1 aromatic rings. The van der Waals surface area contributed by atoms with Crippen LogP contribution in [0.15, 0.2) is 29.3 Å². The number of aliphatic imine (C=N–C) groups is 1. The third-order valence-corrected chi connectivity index (χ3v) is 6.94. The van der Waals surface area contributed by atoms with Gasteiger partial charge >= 0.3 is 12.0 Å². The molecule has 0 radical (unpaired) electrons. The highest BCUT2D eigenvalue weighted by molar-refractivity contribution is 5.87. The van der Waals surface area contributed by atoms with Crippen LogP contribution in [0.1, 0.15) is 75.6 Å². The molecule has 2 N–H and O–H groups in total. The molecule has 2 saturated heterocycles. The highest BCUT2D eigenvalue weighted by Crippen LogP contribution is 2.42. The Hall–Kier alpha value is -2.41. The molecular weight excluding hydrogens is 408 g/mol. The van der Waals surface area contributed by atoms with Gasteiger partial charge in [-0.05, 0) is 93.4 Å². The Balaban J connectivity index is 1.24. The van der Waals surface area contributed by atoms with Crippen LogP contribution >= 0.6 is 0 Å². The van der Waals surface area contributed by atoms with Crippen LogP contribution in [0.4, 0.5) is 4.79 Å².